The monoisotopic (exact) mass is 408 g/mol. The second kappa shape index (κ2) is 7.58. The Morgan fingerprint density at radius 3 is 2.42 bits per heavy atom. The van der Waals surface area contributed by atoms with Crippen molar-refractivity contribution >= 4 is 5.82 Å². The van der Waals surface area contributed by atoms with Gasteiger partial charge in [0.1, 0.15) is 23.9 Å². The van der Waals surface area contributed by atoms with E-state index in [0.29, 0.717) is 6.61 Å². The van der Waals surface area contributed by atoms with Crippen LogP contribution in [0.25, 0.3) is 22.4 Å². The van der Waals surface area contributed by atoms with Gasteiger partial charge in [-0.1, -0.05) is 36.4 Å². The predicted molar refractivity (Wildman–Crippen MR) is 122 cm³/mol. The molecule has 2 aromatic heterocycles. The largest absolute Gasteiger partial charge is 0.489 e. The lowest BCUT2D eigenvalue weighted by molar-refractivity contribution is 0.306. The van der Waals surface area contributed by atoms with Crippen molar-refractivity contribution in [3.8, 4) is 28.1 Å². The molecule has 5 heteroatoms. The van der Waals surface area contributed by atoms with Crippen molar-refractivity contribution in [1.29, 1.82) is 0 Å². The lowest BCUT2D eigenvalue weighted by Crippen LogP contribution is -1.98. The van der Waals surface area contributed by atoms with Gasteiger partial charge in [0.25, 0.3) is 0 Å². The highest BCUT2D eigenvalue weighted by atomic mass is 16.5. The summed E-state index contributed by atoms with van der Waals surface area (Å²) in [7, 11) is 0. The molecule has 0 amide bonds. The van der Waals surface area contributed by atoms with Gasteiger partial charge >= 0.3 is 0 Å². The summed E-state index contributed by atoms with van der Waals surface area (Å²) >= 11 is 0. The minimum atomic E-state index is 0.581. The molecule has 1 aliphatic heterocycles. The number of fused-ring (bicyclic) bond motifs is 1. The molecule has 0 saturated heterocycles. The van der Waals surface area contributed by atoms with E-state index in [2.05, 4.69) is 51.4 Å². The Labute approximate surface area is 181 Å². The maximum Gasteiger partial charge on any atom is 0.133 e. The quantitative estimate of drug-likeness (QED) is 0.458. The van der Waals surface area contributed by atoms with E-state index in [4.69, 9.17) is 9.84 Å². The second-order valence-corrected chi connectivity index (χ2v) is 8.29. The molecule has 1 saturated carbocycles. The van der Waals surface area contributed by atoms with E-state index in [9.17, 15) is 0 Å². The Morgan fingerprint density at radius 2 is 1.68 bits per heavy atom. The van der Waals surface area contributed by atoms with Gasteiger partial charge in [0.05, 0.1) is 12.1 Å². The van der Waals surface area contributed by atoms with Crippen LogP contribution in [-0.4, -0.2) is 21.3 Å². The lowest BCUT2D eigenvalue weighted by Gasteiger charge is -2.10. The van der Waals surface area contributed by atoms with E-state index in [-0.39, 0.29) is 0 Å². The molecule has 2 aromatic carbocycles. The molecule has 0 radical (unpaired) electrons. The number of hydrogen-bond acceptors (Lipinski definition) is 4. The topological polar surface area (TPSA) is 52.0 Å². The van der Waals surface area contributed by atoms with Crippen molar-refractivity contribution in [2.24, 2.45) is 0 Å². The number of nitrogens with one attached hydrogen (secondary N) is 1. The smallest absolute Gasteiger partial charge is 0.133 e. The molecule has 0 atom stereocenters. The van der Waals surface area contributed by atoms with Gasteiger partial charge in [0.2, 0.25) is 0 Å². The van der Waals surface area contributed by atoms with Crippen LogP contribution in [0.4, 0.5) is 5.82 Å². The average Bonchev–Trinajstić information content (AvgIpc) is 3.47. The highest BCUT2D eigenvalue weighted by molar-refractivity contribution is 5.89. The number of rotatable bonds is 6. The second-order valence-electron chi connectivity index (χ2n) is 8.29. The van der Waals surface area contributed by atoms with E-state index < -0.39 is 0 Å². The standard InChI is InChI=1S/C26H24N4O/c1-3-19(20-5-6-20)4-2-18(1)17-31-23-9-7-21(8-10-23)24-25(22-11-13-27-14-12-22)29-30-16-15-28-26(24)30/h1-4,7-14,20,28H,5-6,15-17H2. The maximum atomic E-state index is 6.04. The molecular formula is C26H24N4O. The number of aromatic nitrogens is 3. The summed E-state index contributed by atoms with van der Waals surface area (Å²) in [4.78, 5) is 4.14. The molecule has 0 bridgehead atoms. The minimum absolute atomic E-state index is 0.581. The fourth-order valence-corrected chi connectivity index (χ4v) is 4.26. The van der Waals surface area contributed by atoms with Crippen LogP contribution >= 0.6 is 0 Å². The first-order valence-corrected chi connectivity index (χ1v) is 10.9. The van der Waals surface area contributed by atoms with Crippen molar-refractivity contribution in [2.45, 2.75) is 31.9 Å². The molecule has 0 spiro atoms. The summed E-state index contributed by atoms with van der Waals surface area (Å²) in [5, 5.41) is 8.34. The van der Waals surface area contributed by atoms with Crippen LogP contribution in [-0.2, 0) is 13.2 Å². The third-order valence-electron chi connectivity index (χ3n) is 6.10. The van der Waals surface area contributed by atoms with Crippen LogP contribution < -0.4 is 10.1 Å². The summed E-state index contributed by atoms with van der Waals surface area (Å²) in [6, 6.07) is 21.2. The molecule has 154 valence electrons. The fourth-order valence-electron chi connectivity index (χ4n) is 4.26. The molecule has 1 N–H and O–H groups in total. The van der Waals surface area contributed by atoms with Crippen molar-refractivity contribution in [1.82, 2.24) is 14.8 Å². The number of anilines is 1. The van der Waals surface area contributed by atoms with E-state index in [1.165, 1.54) is 24.0 Å². The van der Waals surface area contributed by atoms with E-state index in [1.54, 1.807) is 0 Å². The van der Waals surface area contributed by atoms with Gasteiger partial charge in [-0.3, -0.25) is 4.98 Å². The summed E-state index contributed by atoms with van der Waals surface area (Å²) < 4.78 is 8.10. The molecule has 2 aliphatic rings. The summed E-state index contributed by atoms with van der Waals surface area (Å²) in [5.41, 5.74) is 6.97. The van der Waals surface area contributed by atoms with E-state index in [0.717, 1.165) is 53.0 Å². The Bertz CT molecular complexity index is 1190. The number of hydrogen-bond donors (Lipinski definition) is 1. The zero-order valence-corrected chi connectivity index (χ0v) is 17.3. The van der Waals surface area contributed by atoms with Crippen LogP contribution in [0.1, 0.15) is 29.9 Å². The Morgan fingerprint density at radius 1 is 0.903 bits per heavy atom. The zero-order valence-electron chi connectivity index (χ0n) is 17.3. The fraction of sp³-hybridized carbons (Fsp3) is 0.231. The van der Waals surface area contributed by atoms with Gasteiger partial charge in [-0.25, -0.2) is 4.68 Å². The first-order chi connectivity index (χ1) is 15.3. The van der Waals surface area contributed by atoms with Gasteiger partial charge in [0, 0.05) is 24.5 Å². The number of nitrogens with zero attached hydrogens (tertiary/aromatic N) is 3. The van der Waals surface area contributed by atoms with Crippen LogP contribution in [0.2, 0.25) is 0 Å². The first kappa shape index (κ1) is 18.2. The molecule has 3 heterocycles. The molecule has 6 rings (SSSR count). The third-order valence-corrected chi connectivity index (χ3v) is 6.10. The SMILES string of the molecule is c1cc(-c2nn3c(c2-c2ccc(OCc4ccc(C5CC5)cc4)cc2)NCC3)ccn1. The van der Waals surface area contributed by atoms with E-state index >= 15 is 0 Å². The Kier molecular flexibility index (Phi) is 4.45. The van der Waals surface area contributed by atoms with Crippen molar-refractivity contribution in [3.05, 3.63) is 84.2 Å². The Hall–Kier alpha value is -3.60. The van der Waals surface area contributed by atoms with E-state index in [1.807, 2.05) is 36.7 Å². The van der Waals surface area contributed by atoms with Crippen molar-refractivity contribution in [3.63, 3.8) is 0 Å². The molecule has 1 fully saturated rings. The molecule has 31 heavy (non-hydrogen) atoms. The molecular weight excluding hydrogens is 384 g/mol. The number of pyridine rings is 1. The summed E-state index contributed by atoms with van der Waals surface area (Å²) in [5.74, 6) is 2.74. The molecule has 0 unspecified atom stereocenters. The normalized spacial score (nSPS) is 14.8. The van der Waals surface area contributed by atoms with Gasteiger partial charge in [-0.15, -0.1) is 0 Å². The number of ether oxygens (including phenoxy) is 1. The lowest BCUT2D eigenvalue weighted by atomic mass is 10.0. The van der Waals surface area contributed by atoms with Crippen LogP contribution in [0.15, 0.2) is 73.1 Å². The first-order valence-electron chi connectivity index (χ1n) is 10.9. The van der Waals surface area contributed by atoms with Crippen LogP contribution in [0.5, 0.6) is 5.75 Å². The maximum absolute atomic E-state index is 6.04. The van der Waals surface area contributed by atoms with Gasteiger partial charge < -0.3 is 10.1 Å². The molecule has 1 aliphatic carbocycles. The summed E-state index contributed by atoms with van der Waals surface area (Å²) in [6.45, 7) is 2.37. The van der Waals surface area contributed by atoms with Crippen LogP contribution in [0, 0.1) is 0 Å². The van der Waals surface area contributed by atoms with Crippen molar-refractivity contribution in [2.75, 3.05) is 11.9 Å². The minimum Gasteiger partial charge on any atom is -0.489 e. The predicted octanol–water partition coefficient (Wildman–Crippen LogP) is 5.49. The van der Waals surface area contributed by atoms with Crippen LogP contribution in [0.3, 0.4) is 0 Å². The third kappa shape index (κ3) is 3.56. The highest BCUT2D eigenvalue weighted by Gasteiger charge is 2.24. The van der Waals surface area contributed by atoms with Gasteiger partial charge in [0.15, 0.2) is 0 Å². The molecule has 4 aromatic rings. The van der Waals surface area contributed by atoms with Crippen molar-refractivity contribution < 1.29 is 4.74 Å². The highest BCUT2D eigenvalue weighted by Crippen LogP contribution is 2.40. The average molecular weight is 409 g/mol. The molecule has 5 nitrogen and oxygen atoms in total. The Balaban J connectivity index is 1.23. The number of benzene rings is 2. The van der Waals surface area contributed by atoms with Gasteiger partial charge in [-0.05, 0) is 59.7 Å². The summed E-state index contributed by atoms with van der Waals surface area (Å²) in [6.07, 6.45) is 6.29. The van der Waals surface area contributed by atoms with Gasteiger partial charge in [-0.2, -0.15) is 5.10 Å². The zero-order chi connectivity index (χ0) is 20.6.